The normalized spacial score (nSPS) is 17.2. The van der Waals surface area contributed by atoms with Crippen LogP contribution in [0.25, 0.3) is 0 Å². The van der Waals surface area contributed by atoms with Crippen molar-refractivity contribution in [1.82, 2.24) is 18.5 Å². The Morgan fingerprint density at radius 1 is 1.33 bits per heavy atom. The molecule has 8 heteroatoms. The molecule has 1 aromatic heterocycles. The van der Waals surface area contributed by atoms with E-state index in [1.54, 1.807) is 20.4 Å². The van der Waals surface area contributed by atoms with E-state index in [0.29, 0.717) is 11.7 Å². The van der Waals surface area contributed by atoms with E-state index in [2.05, 4.69) is 26.8 Å². The third-order valence-electron chi connectivity index (χ3n) is 5.09. The highest BCUT2D eigenvalue weighted by molar-refractivity contribution is 6.99. The van der Waals surface area contributed by atoms with Gasteiger partial charge in [-0.05, 0) is 44.0 Å². The molecule has 0 spiro atoms. The molecule has 27 heavy (non-hydrogen) atoms. The van der Waals surface area contributed by atoms with Gasteiger partial charge in [-0.2, -0.15) is 8.75 Å². The SMILES string of the molecule is COc1ccc(CCN(C)C2CCCN(C(=O)c3cnsn3)C2)cc1OC. The summed E-state index contributed by atoms with van der Waals surface area (Å²) >= 11 is 1.07. The highest BCUT2D eigenvalue weighted by Crippen LogP contribution is 2.28. The van der Waals surface area contributed by atoms with Crippen molar-refractivity contribution in [2.75, 3.05) is 40.9 Å². The number of piperidine rings is 1. The first kappa shape index (κ1) is 19.6. The number of methoxy groups -OCH3 is 2. The highest BCUT2D eigenvalue weighted by atomic mass is 32.1. The average Bonchev–Trinajstić information content (AvgIpc) is 3.26. The summed E-state index contributed by atoms with van der Waals surface area (Å²) in [5.74, 6) is 1.48. The topological polar surface area (TPSA) is 67.8 Å². The second-order valence-electron chi connectivity index (χ2n) is 6.76. The monoisotopic (exact) mass is 390 g/mol. The molecule has 0 radical (unpaired) electrons. The number of likely N-dealkylation sites (tertiary alicyclic amines) is 1. The van der Waals surface area contributed by atoms with E-state index in [1.807, 2.05) is 17.0 Å². The quantitative estimate of drug-likeness (QED) is 0.723. The van der Waals surface area contributed by atoms with Gasteiger partial charge in [0.05, 0.1) is 32.1 Å². The van der Waals surface area contributed by atoms with Crippen molar-refractivity contribution in [3.63, 3.8) is 0 Å². The van der Waals surface area contributed by atoms with Crippen molar-refractivity contribution in [2.24, 2.45) is 0 Å². The summed E-state index contributed by atoms with van der Waals surface area (Å²) in [6.07, 6.45) is 4.57. The number of hydrogen-bond donors (Lipinski definition) is 0. The van der Waals surface area contributed by atoms with Crippen LogP contribution in [0.2, 0.25) is 0 Å². The second-order valence-corrected chi connectivity index (χ2v) is 7.32. The number of aromatic nitrogens is 2. The molecule has 0 N–H and O–H groups in total. The number of carbonyl (C=O) groups is 1. The Bertz CT molecular complexity index is 753. The summed E-state index contributed by atoms with van der Waals surface area (Å²) in [6, 6.07) is 6.39. The first-order valence-corrected chi connectivity index (χ1v) is 9.83. The van der Waals surface area contributed by atoms with Gasteiger partial charge in [0.1, 0.15) is 0 Å². The van der Waals surface area contributed by atoms with E-state index in [9.17, 15) is 4.79 Å². The van der Waals surface area contributed by atoms with Crippen LogP contribution < -0.4 is 9.47 Å². The molecule has 1 amide bonds. The Kier molecular flexibility index (Phi) is 6.63. The molecule has 1 atom stereocenters. The van der Waals surface area contributed by atoms with Gasteiger partial charge in [0.25, 0.3) is 5.91 Å². The van der Waals surface area contributed by atoms with Crippen LogP contribution in [0.1, 0.15) is 28.9 Å². The van der Waals surface area contributed by atoms with Gasteiger partial charge in [-0.1, -0.05) is 6.07 Å². The summed E-state index contributed by atoms with van der Waals surface area (Å²) in [7, 11) is 5.42. The van der Waals surface area contributed by atoms with Gasteiger partial charge >= 0.3 is 0 Å². The van der Waals surface area contributed by atoms with E-state index in [-0.39, 0.29) is 5.91 Å². The molecule has 1 saturated heterocycles. The van der Waals surface area contributed by atoms with Crippen LogP contribution in [0.3, 0.4) is 0 Å². The number of carbonyl (C=O) groups excluding carboxylic acids is 1. The first-order chi connectivity index (χ1) is 13.1. The largest absolute Gasteiger partial charge is 0.493 e. The van der Waals surface area contributed by atoms with Crippen LogP contribution in [-0.2, 0) is 6.42 Å². The zero-order valence-electron chi connectivity index (χ0n) is 16.1. The molecule has 1 aromatic carbocycles. The highest BCUT2D eigenvalue weighted by Gasteiger charge is 2.27. The second kappa shape index (κ2) is 9.14. The number of hydrogen-bond acceptors (Lipinski definition) is 7. The van der Waals surface area contributed by atoms with Crippen LogP contribution in [0, 0.1) is 0 Å². The maximum atomic E-state index is 12.5. The van der Waals surface area contributed by atoms with Crippen LogP contribution in [-0.4, -0.2) is 71.4 Å². The Morgan fingerprint density at radius 3 is 2.85 bits per heavy atom. The smallest absolute Gasteiger partial charge is 0.275 e. The van der Waals surface area contributed by atoms with Crippen molar-refractivity contribution >= 4 is 17.6 Å². The number of nitrogens with zero attached hydrogens (tertiary/aromatic N) is 4. The molecule has 1 aliphatic rings. The average molecular weight is 391 g/mol. The number of likely N-dealkylation sites (N-methyl/N-ethyl adjacent to an activating group) is 1. The Morgan fingerprint density at radius 2 is 2.15 bits per heavy atom. The molecule has 3 rings (SSSR count). The standard InChI is InChI=1S/C19H26N4O3S/c1-22(10-8-14-6-7-17(25-2)18(11-14)26-3)15-5-4-9-23(13-15)19(24)16-12-20-27-21-16/h6-7,11-12,15H,4-5,8-10,13H2,1-3H3. The van der Waals surface area contributed by atoms with Gasteiger partial charge in [0.15, 0.2) is 17.2 Å². The van der Waals surface area contributed by atoms with E-state index in [1.165, 1.54) is 5.56 Å². The maximum absolute atomic E-state index is 12.5. The lowest BCUT2D eigenvalue weighted by molar-refractivity contribution is 0.0607. The van der Waals surface area contributed by atoms with Gasteiger partial charge in [0, 0.05) is 25.7 Å². The van der Waals surface area contributed by atoms with Crippen LogP contribution in [0.5, 0.6) is 11.5 Å². The minimum absolute atomic E-state index is 0.0123. The summed E-state index contributed by atoms with van der Waals surface area (Å²) in [4.78, 5) is 16.8. The van der Waals surface area contributed by atoms with Crippen molar-refractivity contribution in [2.45, 2.75) is 25.3 Å². The number of rotatable bonds is 7. The van der Waals surface area contributed by atoms with Crippen LogP contribution >= 0.6 is 11.7 Å². The number of benzene rings is 1. The zero-order valence-corrected chi connectivity index (χ0v) is 16.9. The summed E-state index contributed by atoms with van der Waals surface area (Å²) < 4.78 is 18.7. The lowest BCUT2D eigenvalue weighted by Gasteiger charge is -2.37. The van der Waals surface area contributed by atoms with Gasteiger partial charge in [-0.25, -0.2) is 0 Å². The fourth-order valence-corrected chi connectivity index (χ4v) is 3.85. The molecule has 7 nitrogen and oxygen atoms in total. The first-order valence-electron chi connectivity index (χ1n) is 9.10. The Hall–Kier alpha value is -2.19. The van der Waals surface area contributed by atoms with E-state index < -0.39 is 0 Å². The van der Waals surface area contributed by atoms with Gasteiger partial charge in [0.2, 0.25) is 0 Å². The minimum atomic E-state index is -0.0123. The molecule has 0 bridgehead atoms. The van der Waals surface area contributed by atoms with Crippen molar-refractivity contribution < 1.29 is 14.3 Å². The maximum Gasteiger partial charge on any atom is 0.275 e. The predicted molar refractivity (Wildman–Crippen MR) is 105 cm³/mol. The van der Waals surface area contributed by atoms with Crippen LogP contribution in [0.4, 0.5) is 0 Å². The zero-order chi connectivity index (χ0) is 19.2. The molecular formula is C19H26N4O3S. The molecule has 146 valence electrons. The third kappa shape index (κ3) is 4.75. The summed E-state index contributed by atoms with van der Waals surface area (Å²) in [5.41, 5.74) is 1.66. The van der Waals surface area contributed by atoms with Gasteiger partial charge in [-0.3, -0.25) is 4.79 Å². The fourth-order valence-electron chi connectivity index (χ4n) is 3.44. The van der Waals surface area contributed by atoms with E-state index in [0.717, 1.165) is 62.1 Å². The number of ether oxygens (including phenoxy) is 2. The summed E-state index contributed by atoms with van der Waals surface area (Å²) in [6.45, 7) is 2.44. The molecule has 0 aliphatic carbocycles. The lowest BCUT2D eigenvalue weighted by atomic mass is 10.0. The molecular weight excluding hydrogens is 364 g/mol. The molecule has 1 fully saturated rings. The van der Waals surface area contributed by atoms with Crippen molar-refractivity contribution in [3.8, 4) is 11.5 Å². The van der Waals surface area contributed by atoms with Crippen molar-refractivity contribution in [3.05, 3.63) is 35.7 Å². The minimum Gasteiger partial charge on any atom is -0.493 e. The fraction of sp³-hybridized carbons (Fsp3) is 0.526. The number of amides is 1. The van der Waals surface area contributed by atoms with E-state index in [4.69, 9.17) is 9.47 Å². The Labute approximate surface area is 164 Å². The molecule has 2 aromatic rings. The molecule has 0 saturated carbocycles. The molecule has 1 aliphatic heterocycles. The Balaban J connectivity index is 1.56. The van der Waals surface area contributed by atoms with Crippen molar-refractivity contribution in [1.29, 1.82) is 0 Å². The molecule has 2 heterocycles. The predicted octanol–water partition coefficient (Wildman–Crippen LogP) is 2.33. The summed E-state index contributed by atoms with van der Waals surface area (Å²) in [5, 5.41) is 0. The molecule has 1 unspecified atom stereocenters. The van der Waals surface area contributed by atoms with Crippen LogP contribution in [0.15, 0.2) is 24.4 Å². The van der Waals surface area contributed by atoms with Gasteiger partial charge < -0.3 is 19.3 Å². The van der Waals surface area contributed by atoms with Gasteiger partial charge in [-0.15, -0.1) is 0 Å². The van der Waals surface area contributed by atoms with E-state index >= 15 is 0 Å². The lowest BCUT2D eigenvalue weighted by Crippen LogP contribution is -2.49. The third-order valence-corrected chi connectivity index (χ3v) is 5.57.